The molecule has 3 rings (SSSR count). The van der Waals surface area contributed by atoms with Gasteiger partial charge in [-0.1, -0.05) is 23.5 Å². The van der Waals surface area contributed by atoms with Crippen LogP contribution in [-0.4, -0.2) is 54.5 Å². The van der Waals surface area contributed by atoms with Crippen molar-refractivity contribution < 1.29 is 19.3 Å². The number of likely N-dealkylation sites (N-methyl/N-ethyl adjacent to an activating group) is 1. The number of nitrogens with one attached hydrogen (secondary N) is 1. The van der Waals surface area contributed by atoms with Crippen LogP contribution >= 0.6 is 11.3 Å². The average molecular weight is 418 g/mol. The summed E-state index contributed by atoms with van der Waals surface area (Å²) in [7, 11) is 4.93. The van der Waals surface area contributed by atoms with E-state index in [1.807, 2.05) is 36.2 Å². The Hall–Kier alpha value is -3.27. The summed E-state index contributed by atoms with van der Waals surface area (Å²) >= 11 is 1.01. The zero-order chi connectivity index (χ0) is 20.8. The highest BCUT2D eigenvalue weighted by atomic mass is 32.1. The second kappa shape index (κ2) is 9.28. The maximum Gasteiger partial charge on any atom is 0.321 e. The van der Waals surface area contributed by atoms with Gasteiger partial charge in [0, 0.05) is 19.5 Å². The average Bonchev–Trinajstić information content (AvgIpc) is 3.05. The topological polar surface area (TPSA) is 110 Å². The molecule has 0 atom stereocenters. The van der Waals surface area contributed by atoms with Gasteiger partial charge in [-0.25, -0.2) is 0 Å². The van der Waals surface area contributed by atoms with E-state index in [0.717, 1.165) is 22.6 Å². The number of hydrogen-bond donors (Lipinski definition) is 2. The first-order valence-electron chi connectivity index (χ1n) is 8.79. The molecule has 0 aliphatic rings. The second-order valence-corrected chi connectivity index (χ2v) is 7.20. The Kier molecular flexibility index (Phi) is 6.55. The molecule has 2 N–H and O–H groups in total. The number of methoxy groups -OCH3 is 2. The molecule has 0 aliphatic carbocycles. The molecule has 0 radical (unpaired) electrons. The van der Waals surface area contributed by atoms with Crippen molar-refractivity contribution in [3.63, 3.8) is 0 Å². The van der Waals surface area contributed by atoms with Crippen LogP contribution in [-0.2, 0) is 6.42 Å². The predicted octanol–water partition coefficient (Wildman–Crippen LogP) is 2.06. The van der Waals surface area contributed by atoms with E-state index in [0.29, 0.717) is 36.1 Å². The van der Waals surface area contributed by atoms with Gasteiger partial charge >= 0.3 is 10.9 Å². The summed E-state index contributed by atoms with van der Waals surface area (Å²) in [5, 5.41) is 9.68. The molecule has 0 saturated carbocycles. The van der Waals surface area contributed by atoms with Crippen LogP contribution in [0.3, 0.4) is 0 Å². The number of benzene rings is 1. The van der Waals surface area contributed by atoms with Gasteiger partial charge in [0.25, 0.3) is 0 Å². The van der Waals surface area contributed by atoms with Gasteiger partial charge in [0.1, 0.15) is 18.2 Å². The number of nitrogens with zero attached hydrogens (tertiary/aromatic N) is 3. The molecule has 9 nitrogen and oxygen atoms in total. The Bertz CT molecular complexity index is 980. The summed E-state index contributed by atoms with van der Waals surface area (Å²) in [5.41, 5.74) is 0.972. The van der Waals surface area contributed by atoms with Crippen molar-refractivity contribution in [2.24, 2.45) is 0 Å². The lowest BCUT2D eigenvalue weighted by Gasteiger charge is -2.19. The summed E-state index contributed by atoms with van der Waals surface area (Å²) in [4.78, 5) is 24.3. The number of thiazole rings is 1. The van der Waals surface area contributed by atoms with E-state index >= 15 is 0 Å². The molecule has 0 aliphatic heterocycles. The highest BCUT2D eigenvalue weighted by molar-refractivity contribution is 7.09. The highest BCUT2D eigenvalue weighted by Crippen LogP contribution is 2.22. The van der Waals surface area contributed by atoms with E-state index < -0.39 is 0 Å². The van der Waals surface area contributed by atoms with Gasteiger partial charge in [-0.05, 0) is 17.7 Å². The van der Waals surface area contributed by atoms with Crippen LogP contribution in [0, 0.1) is 0 Å². The summed E-state index contributed by atoms with van der Waals surface area (Å²) in [6.07, 6.45) is 0.482. The third-order valence-corrected chi connectivity index (χ3v) is 5.01. The Labute approximate surface area is 171 Å². The largest absolute Gasteiger partial charge is 0.494 e. The van der Waals surface area contributed by atoms with Gasteiger partial charge in [-0.15, -0.1) is 0 Å². The minimum Gasteiger partial charge on any atom is -0.494 e. The van der Waals surface area contributed by atoms with Crippen LogP contribution in [0.5, 0.6) is 23.5 Å². The number of aromatic amines is 1. The lowest BCUT2D eigenvalue weighted by Crippen LogP contribution is -2.25. The fourth-order valence-corrected chi connectivity index (χ4v) is 3.32. The summed E-state index contributed by atoms with van der Waals surface area (Å²) in [5.74, 6) is 1.75. The SMILES string of the molecule is COc1cc(N(C)CCOc2ccc(Cc3sc(=O)[nH]c3O)cc2)nc(OC)n1. The first-order valence-corrected chi connectivity index (χ1v) is 9.61. The summed E-state index contributed by atoms with van der Waals surface area (Å²) in [6.45, 7) is 1.04. The molecular formula is C19H22N4O5S. The second-order valence-electron chi connectivity index (χ2n) is 6.13. The highest BCUT2D eigenvalue weighted by Gasteiger charge is 2.10. The van der Waals surface area contributed by atoms with Crippen LogP contribution in [0.25, 0.3) is 0 Å². The molecule has 29 heavy (non-hydrogen) atoms. The maximum absolute atomic E-state index is 11.3. The molecule has 154 valence electrons. The van der Waals surface area contributed by atoms with Crippen LogP contribution < -0.4 is 24.0 Å². The minimum absolute atomic E-state index is 0.0682. The lowest BCUT2D eigenvalue weighted by molar-refractivity contribution is 0.324. The van der Waals surface area contributed by atoms with Crippen molar-refractivity contribution >= 4 is 17.2 Å². The van der Waals surface area contributed by atoms with E-state index in [9.17, 15) is 9.90 Å². The molecule has 0 bridgehead atoms. The molecule has 2 heterocycles. The first-order chi connectivity index (χ1) is 14.0. The zero-order valence-electron chi connectivity index (χ0n) is 16.3. The number of aromatic hydroxyl groups is 1. The smallest absolute Gasteiger partial charge is 0.321 e. The van der Waals surface area contributed by atoms with Crippen molar-refractivity contribution in [2.75, 3.05) is 39.3 Å². The van der Waals surface area contributed by atoms with E-state index in [4.69, 9.17) is 14.2 Å². The number of hydrogen-bond acceptors (Lipinski definition) is 9. The molecule has 0 spiro atoms. The van der Waals surface area contributed by atoms with E-state index in [-0.39, 0.29) is 16.8 Å². The zero-order valence-corrected chi connectivity index (χ0v) is 17.2. The monoisotopic (exact) mass is 418 g/mol. The van der Waals surface area contributed by atoms with Gasteiger partial charge in [-0.2, -0.15) is 9.97 Å². The van der Waals surface area contributed by atoms with E-state index in [2.05, 4.69) is 15.0 Å². The summed E-state index contributed by atoms with van der Waals surface area (Å²) < 4.78 is 16.0. The lowest BCUT2D eigenvalue weighted by atomic mass is 10.1. The minimum atomic E-state index is -0.263. The van der Waals surface area contributed by atoms with Gasteiger partial charge < -0.3 is 24.2 Å². The van der Waals surface area contributed by atoms with Crippen LogP contribution in [0.15, 0.2) is 35.1 Å². The number of H-pyrrole nitrogens is 1. The van der Waals surface area contributed by atoms with E-state index in [1.54, 1.807) is 6.07 Å². The summed E-state index contributed by atoms with van der Waals surface area (Å²) in [6, 6.07) is 9.49. The fourth-order valence-electron chi connectivity index (χ4n) is 2.56. The standard InChI is InChI=1S/C19H22N4O5S/c1-23(15-11-16(26-2)21-18(20-15)27-3)8-9-28-13-6-4-12(5-7-13)10-14-17(24)22-19(25)29-14/h4-7,11,24H,8-10H2,1-3H3,(H,22,25). The van der Waals surface area contributed by atoms with Gasteiger partial charge in [0.2, 0.25) is 11.8 Å². The third-order valence-electron chi connectivity index (χ3n) is 4.14. The van der Waals surface area contributed by atoms with Crippen LogP contribution in [0.2, 0.25) is 0 Å². The Morgan fingerprint density at radius 1 is 1.17 bits per heavy atom. The molecular weight excluding hydrogens is 396 g/mol. The first kappa shape index (κ1) is 20.5. The van der Waals surface area contributed by atoms with Crippen LogP contribution in [0.1, 0.15) is 10.4 Å². The number of ether oxygens (including phenoxy) is 3. The quantitative estimate of drug-likeness (QED) is 0.543. The molecule has 0 saturated heterocycles. The number of anilines is 1. The van der Waals surface area contributed by atoms with Crippen LogP contribution in [0.4, 0.5) is 5.82 Å². The Morgan fingerprint density at radius 2 is 1.93 bits per heavy atom. The molecule has 0 unspecified atom stereocenters. The Morgan fingerprint density at radius 3 is 2.55 bits per heavy atom. The molecule has 0 fully saturated rings. The predicted molar refractivity (Wildman–Crippen MR) is 110 cm³/mol. The Balaban J connectivity index is 1.54. The van der Waals surface area contributed by atoms with Crippen molar-refractivity contribution in [3.8, 4) is 23.5 Å². The fraction of sp³-hybridized carbons (Fsp3) is 0.316. The normalized spacial score (nSPS) is 10.6. The molecule has 2 aromatic heterocycles. The molecule has 0 amide bonds. The number of rotatable bonds is 9. The van der Waals surface area contributed by atoms with Crippen molar-refractivity contribution in [1.82, 2.24) is 15.0 Å². The molecule has 3 aromatic rings. The van der Waals surface area contributed by atoms with Crippen molar-refractivity contribution in [3.05, 3.63) is 50.4 Å². The van der Waals surface area contributed by atoms with Gasteiger partial charge in [-0.3, -0.25) is 9.78 Å². The van der Waals surface area contributed by atoms with Gasteiger partial charge in [0.15, 0.2) is 0 Å². The maximum atomic E-state index is 11.3. The number of aromatic nitrogens is 3. The van der Waals surface area contributed by atoms with Crippen molar-refractivity contribution in [2.45, 2.75) is 6.42 Å². The molecule has 1 aromatic carbocycles. The van der Waals surface area contributed by atoms with Crippen molar-refractivity contribution in [1.29, 1.82) is 0 Å². The molecule has 10 heteroatoms. The van der Waals surface area contributed by atoms with E-state index in [1.165, 1.54) is 14.2 Å². The van der Waals surface area contributed by atoms with Gasteiger partial charge in [0.05, 0.1) is 25.6 Å². The third kappa shape index (κ3) is 5.38.